The molecule has 0 N–H and O–H groups in total. The molecule has 3 aromatic carbocycles. The lowest BCUT2D eigenvalue weighted by molar-refractivity contribution is 0.0724. The van der Waals surface area contributed by atoms with Crippen LogP contribution in [0.1, 0.15) is 29.8 Å². The van der Waals surface area contributed by atoms with Crippen molar-refractivity contribution in [1.29, 1.82) is 0 Å². The monoisotopic (exact) mass is 411 g/mol. The first-order valence-electron chi connectivity index (χ1n) is 9.48. The number of hydrogen-bond donors (Lipinski definition) is 0. The van der Waals surface area contributed by atoms with Gasteiger partial charge in [-0.05, 0) is 40.5 Å². The molecule has 0 aliphatic heterocycles. The second kappa shape index (κ2) is 8.66. The molecule has 0 fully saturated rings. The van der Waals surface area contributed by atoms with E-state index in [1.165, 1.54) is 0 Å². The number of carbonyl (C=O) groups is 1. The van der Waals surface area contributed by atoms with Crippen molar-refractivity contribution < 1.29 is 17.4 Å². The lowest BCUT2D eigenvalue weighted by atomic mass is 10.0. The molecule has 0 saturated heterocycles. The minimum Gasteiger partial charge on any atom is -0.383 e. The Balaban J connectivity index is 1.87. The van der Waals surface area contributed by atoms with E-state index in [9.17, 15) is 13.2 Å². The minimum atomic E-state index is -3.56. The first-order valence-corrected chi connectivity index (χ1v) is 11.3. The van der Waals surface area contributed by atoms with Crippen molar-refractivity contribution in [2.75, 3.05) is 12.8 Å². The molecule has 1 amide bonds. The summed E-state index contributed by atoms with van der Waals surface area (Å²) >= 11 is 0. The molecule has 6 heteroatoms. The van der Waals surface area contributed by atoms with Crippen molar-refractivity contribution in [3.05, 3.63) is 77.9 Å². The van der Waals surface area contributed by atoms with Crippen LogP contribution in [0.2, 0.25) is 0 Å². The van der Waals surface area contributed by atoms with Gasteiger partial charge in [-0.15, -0.1) is 0 Å². The molecular formula is C23H25NO4S. The molecule has 0 bridgehead atoms. The van der Waals surface area contributed by atoms with Crippen LogP contribution >= 0.6 is 0 Å². The smallest absolute Gasteiger partial charge is 0.306 e. The average Bonchev–Trinajstić information content (AvgIpc) is 2.66. The van der Waals surface area contributed by atoms with Crippen LogP contribution in [0.25, 0.3) is 10.8 Å². The van der Waals surface area contributed by atoms with Gasteiger partial charge in [0.25, 0.3) is 5.91 Å². The summed E-state index contributed by atoms with van der Waals surface area (Å²) in [7, 11) is -3.56. The summed E-state index contributed by atoms with van der Waals surface area (Å²) in [5.41, 5.74) is 1.58. The maximum absolute atomic E-state index is 13.4. The molecule has 0 aliphatic rings. The zero-order valence-electron chi connectivity index (χ0n) is 16.8. The third kappa shape index (κ3) is 5.57. The van der Waals surface area contributed by atoms with Gasteiger partial charge in [-0.25, -0.2) is 0 Å². The largest absolute Gasteiger partial charge is 0.383 e. The number of nitrogens with zero attached hydrogens (tertiary/aromatic N) is 1. The lowest BCUT2D eigenvalue weighted by Crippen LogP contribution is -2.33. The van der Waals surface area contributed by atoms with Crippen LogP contribution in [-0.2, 0) is 16.7 Å². The summed E-state index contributed by atoms with van der Waals surface area (Å²) in [6.45, 7) is 5.20. The van der Waals surface area contributed by atoms with Crippen molar-refractivity contribution in [3.8, 4) is 5.75 Å². The SMILES string of the molecule is CC(C)CN(Cc1ccc(OS(C)(=O)=O)cc1)C(=O)c1cccc2ccccc12. The molecule has 0 heterocycles. The van der Waals surface area contributed by atoms with Crippen LogP contribution < -0.4 is 4.18 Å². The van der Waals surface area contributed by atoms with E-state index in [-0.39, 0.29) is 11.7 Å². The summed E-state index contributed by atoms with van der Waals surface area (Å²) in [5.74, 6) is 0.542. The van der Waals surface area contributed by atoms with Gasteiger partial charge < -0.3 is 9.08 Å². The first kappa shape index (κ1) is 20.9. The molecule has 0 aromatic heterocycles. The summed E-state index contributed by atoms with van der Waals surface area (Å²) < 4.78 is 27.4. The fraction of sp³-hybridized carbons (Fsp3) is 0.261. The van der Waals surface area contributed by atoms with E-state index in [4.69, 9.17) is 4.18 Å². The van der Waals surface area contributed by atoms with Crippen LogP contribution in [0.3, 0.4) is 0 Å². The molecule has 152 valence electrons. The fourth-order valence-corrected chi connectivity index (χ4v) is 3.75. The summed E-state index contributed by atoms with van der Waals surface area (Å²) in [6.07, 6.45) is 1.01. The normalized spacial score (nSPS) is 11.6. The van der Waals surface area contributed by atoms with E-state index < -0.39 is 10.1 Å². The van der Waals surface area contributed by atoms with Gasteiger partial charge in [-0.1, -0.05) is 62.4 Å². The number of benzene rings is 3. The van der Waals surface area contributed by atoms with Gasteiger partial charge >= 0.3 is 10.1 Å². The average molecular weight is 412 g/mol. The Kier molecular flexibility index (Phi) is 6.23. The van der Waals surface area contributed by atoms with Gasteiger partial charge in [0.05, 0.1) is 6.26 Å². The van der Waals surface area contributed by atoms with Crippen LogP contribution in [0.4, 0.5) is 0 Å². The second-order valence-electron chi connectivity index (χ2n) is 7.54. The quantitative estimate of drug-likeness (QED) is 0.538. The predicted octanol–water partition coefficient (Wildman–Crippen LogP) is 4.48. The van der Waals surface area contributed by atoms with Gasteiger partial charge in [0, 0.05) is 18.7 Å². The molecule has 3 rings (SSSR count). The Bertz CT molecular complexity index is 1100. The van der Waals surface area contributed by atoms with Gasteiger partial charge in [0.15, 0.2) is 0 Å². The molecular weight excluding hydrogens is 386 g/mol. The Morgan fingerprint density at radius 3 is 2.28 bits per heavy atom. The van der Waals surface area contributed by atoms with Crippen LogP contribution in [0.5, 0.6) is 5.75 Å². The molecule has 0 saturated carbocycles. The van der Waals surface area contributed by atoms with Gasteiger partial charge in [-0.3, -0.25) is 4.79 Å². The van der Waals surface area contributed by atoms with Crippen molar-refractivity contribution >= 4 is 26.8 Å². The number of amides is 1. The second-order valence-corrected chi connectivity index (χ2v) is 9.11. The zero-order chi connectivity index (χ0) is 21.0. The molecule has 0 unspecified atom stereocenters. The molecule has 3 aromatic rings. The van der Waals surface area contributed by atoms with Crippen molar-refractivity contribution in [3.63, 3.8) is 0 Å². The van der Waals surface area contributed by atoms with E-state index in [2.05, 4.69) is 13.8 Å². The highest BCUT2D eigenvalue weighted by molar-refractivity contribution is 7.86. The third-order valence-corrected chi connectivity index (χ3v) is 4.93. The van der Waals surface area contributed by atoms with Gasteiger partial charge in [0.2, 0.25) is 0 Å². The maximum atomic E-state index is 13.4. The van der Waals surface area contributed by atoms with Crippen molar-refractivity contribution in [2.24, 2.45) is 5.92 Å². The maximum Gasteiger partial charge on any atom is 0.306 e. The Morgan fingerprint density at radius 1 is 0.966 bits per heavy atom. The first-order chi connectivity index (χ1) is 13.7. The number of hydrogen-bond acceptors (Lipinski definition) is 4. The summed E-state index contributed by atoms with van der Waals surface area (Å²) in [6, 6.07) is 20.4. The number of fused-ring (bicyclic) bond motifs is 1. The lowest BCUT2D eigenvalue weighted by Gasteiger charge is -2.25. The number of carbonyl (C=O) groups excluding carboxylic acids is 1. The fourth-order valence-electron chi connectivity index (χ4n) is 3.29. The molecule has 5 nitrogen and oxygen atoms in total. The predicted molar refractivity (Wildman–Crippen MR) is 115 cm³/mol. The highest BCUT2D eigenvalue weighted by Gasteiger charge is 2.19. The van der Waals surface area contributed by atoms with Crippen LogP contribution in [0.15, 0.2) is 66.7 Å². The molecule has 0 atom stereocenters. The van der Waals surface area contributed by atoms with E-state index >= 15 is 0 Å². The van der Waals surface area contributed by atoms with Crippen LogP contribution in [0, 0.1) is 5.92 Å². The zero-order valence-corrected chi connectivity index (χ0v) is 17.6. The summed E-state index contributed by atoms with van der Waals surface area (Å²) in [4.78, 5) is 15.2. The van der Waals surface area contributed by atoms with Crippen molar-refractivity contribution in [1.82, 2.24) is 4.90 Å². The minimum absolute atomic E-state index is 0.0213. The highest BCUT2D eigenvalue weighted by atomic mass is 32.2. The molecule has 29 heavy (non-hydrogen) atoms. The Labute approximate surface area is 172 Å². The topological polar surface area (TPSA) is 63.7 Å². The van der Waals surface area contributed by atoms with E-state index in [1.54, 1.807) is 24.3 Å². The van der Waals surface area contributed by atoms with E-state index in [0.29, 0.717) is 24.6 Å². The Hall–Kier alpha value is -2.86. The summed E-state index contributed by atoms with van der Waals surface area (Å²) in [5, 5.41) is 1.97. The van der Waals surface area contributed by atoms with E-state index in [0.717, 1.165) is 22.6 Å². The standard InChI is InChI=1S/C23H25NO4S/c1-17(2)15-24(16-18-11-13-20(14-12-18)28-29(3,26)27)23(25)22-10-6-8-19-7-4-5-9-21(19)22/h4-14,17H,15-16H2,1-3H3. The third-order valence-electron chi connectivity index (χ3n) is 4.44. The van der Waals surface area contributed by atoms with Crippen LogP contribution in [-0.4, -0.2) is 32.0 Å². The van der Waals surface area contributed by atoms with Crippen molar-refractivity contribution in [2.45, 2.75) is 20.4 Å². The van der Waals surface area contributed by atoms with Gasteiger partial charge in [-0.2, -0.15) is 8.42 Å². The van der Waals surface area contributed by atoms with E-state index in [1.807, 2.05) is 47.4 Å². The highest BCUT2D eigenvalue weighted by Crippen LogP contribution is 2.22. The molecule has 0 spiro atoms. The number of rotatable bonds is 7. The van der Waals surface area contributed by atoms with Gasteiger partial charge in [0.1, 0.15) is 5.75 Å². The molecule has 0 radical (unpaired) electrons. The Morgan fingerprint density at radius 2 is 1.62 bits per heavy atom. The molecule has 0 aliphatic carbocycles.